The van der Waals surface area contributed by atoms with Crippen LogP contribution in [-0.2, 0) is 7.05 Å². The van der Waals surface area contributed by atoms with Crippen LogP contribution < -0.4 is 22.1 Å². The minimum absolute atomic E-state index is 0.122. The van der Waals surface area contributed by atoms with Crippen molar-refractivity contribution in [3.05, 3.63) is 42.2 Å². The lowest BCUT2D eigenvalue weighted by atomic mass is 10.0. The summed E-state index contributed by atoms with van der Waals surface area (Å²) in [5.41, 5.74) is 13.6. The summed E-state index contributed by atoms with van der Waals surface area (Å²) in [5.74, 6) is 0.503. The average Bonchev–Trinajstić information content (AvgIpc) is 3.03. The number of nitrogens with zero attached hydrogens (tertiary/aromatic N) is 3. The van der Waals surface area contributed by atoms with E-state index < -0.39 is 5.91 Å². The lowest BCUT2D eigenvalue weighted by molar-refractivity contribution is 0.100. The molecule has 6 N–H and O–H groups in total. The molecule has 0 radical (unpaired) electrons. The quantitative estimate of drug-likeness (QED) is 0.286. The zero-order chi connectivity index (χ0) is 21.1. The molecule has 0 saturated carbocycles. The zero-order valence-electron chi connectivity index (χ0n) is 16.8. The Balaban J connectivity index is 1.96. The number of aromatic nitrogens is 3. The maximum Gasteiger partial charge on any atom is 0.254 e. The lowest BCUT2D eigenvalue weighted by Gasteiger charge is -2.23. The highest BCUT2D eigenvalue weighted by atomic mass is 32.1. The van der Waals surface area contributed by atoms with Crippen molar-refractivity contribution in [1.29, 1.82) is 0 Å². The van der Waals surface area contributed by atoms with Crippen LogP contribution in [0.25, 0.3) is 10.9 Å². The van der Waals surface area contributed by atoms with Gasteiger partial charge in [0.1, 0.15) is 11.4 Å². The Morgan fingerprint density at radius 3 is 2.72 bits per heavy atom. The molecule has 2 aromatic heterocycles. The molecule has 0 aliphatic heterocycles. The third-order valence-electron chi connectivity index (χ3n) is 4.69. The topological polar surface area (TPSA) is 124 Å². The number of anilines is 3. The van der Waals surface area contributed by atoms with Gasteiger partial charge >= 0.3 is 0 Å². The van der Waals surface area contributed by atoms with Crippen molar-refractivity contribution in [2.75, 3.05) is 10.6 Å². The van der Waals surface area contributed by atoms with Gasteiger partial charge in [0, 0.05) is 36.0 Å². The molecule has 154 valence electrons. The fourth-order valence-corrected chi connectivity index (χ4v) is 3.42. The molecule has 0 fully saturated rings. The molecule has 0 unspecified atom stereocenters. The first-order valence-electron chi connectivity index (χ1n) is 9.44. The first-order chi connectivity index (χ1) is 13.8. The number of carbonyl (C=O) groups is 1. The number of primary amides is 1. The van der Waals surface area contributed by atoms with Gasteiger partial charge in [0.15, 0.2) is 0 Å². The van der Waals surface area contributed by atoms with E-state index in [0.717, 1.165) is 23.0 Å². The first-order valence-corrected chi connectivity index (χ1v) is 9.96. The van der Waals surface area contributed by atoms with E-state index in [9.17, 15) is 4.79 Å². The van der Waals surface area contributed by atoms with Crippen LogP contribution in [0.3, 0.4) is 0 Å². The number of hydrogen-bond acceptors (Lipinski definition) is 7. The Labute approximate surface area is 175 Å². The zero-order valence-corrected chi connectivity index (χ0v) is 17.6. The Hall–Kier alpha value is -2.78. The molecule has 3 aromatic rings. The van der Waals surface area contributed by atoms with Crippen molar-refractivity contribution in [2.45, 2.75) is 31.7 Å². The number of hydrogen-bond donors (Lipinski definition) is 5. The van der Waals surface area contributed by atoms with Gasteiger partial charge < -0.3 is 26.7 Å². The number of fused-ring (bicyclic) bond motifs is 1. The Kier molecular flexibility index (Phi) is 6.29. The molecular formula is C20H27N7OS. The third-order valence-corrected chi connectivity index (χ3v) is 5.05. The monoisotopic (exact) mass is 413 g/mol. The van der Waals surface area contributed by atoms with E-state index in [2.05, 4.69) is 47.1 Å². The second kappa shape index (κ2) is 8.71. The fraction of sp³-hybridized carbons (Fsp3) is 0.350. The normalized spacial score (nSPS) is 13.4. The molecule has 29 heavy (non-hydrogen) atoms. The van der Waals surface area contributed by atoms with E-state index >= 15 is 0 Å². The maximum absolute atomic E-state index is 11.9. The molecule has 0 bridgehead atoms. The van der Waals surface area contributed by atoms with Crippen LogP contribution in [0.1, 0.15) is 30.6 Å². The summed E-state index contributed by atoms with van der Waals surface area (Å²) >= 11 is 4.37. The molecule has 1 amide bonds. The number of thiol groups is 1. The highest BCUT2D eigenvalue weighted by molar-refractivity contribution is 7.80. The van der Waals surface area contributed by atoms with Gasteiger partial charge in [0.25, 0.3) is 5.91 Å². The van der Waals surface area contributed by atoms with Crippen LogP contribution in [-0.4, -0.2) is 31.9 Å². The highest BCUT2D eigenvalue weighted by Crippen LogP contribution is 2.28. The van der Waals surface area contributed by atoms with E-state index in [4.69, 9.17) is 11.5 Å². The SMILES string of the molecule is CC(C)C[C@@H](Nc1ncc(C(N)=O)c(Nc2cccc3c2ccn3C)n1)[C@H](N)S. The van der Waals surface area contributed by atoms with Crippen LogP contribution in [0, 0.1) is 5.92 Å². The van der Waals surface area contributed by atoms with E-state index in [0.29, 0.717) is 17.7 Å². The van der Waals surface area contributed by atoms with Crippen molar-refractivity contribution in [3.8, 4) is 0 Å². The van der Waals surface area contributed by atoms with Gasteiger partial charge in [-0.25, -0.2) is 4.98 Å². The number of amides is 1. The Morgan fingerprint density at radius 1 is 1.31 bits per heavy atom. The number of nitrogens with two attached hydrogens (primary N) is 2. The van der Waals surface area contributed by atoms with Crippen LogP contribution in [0.15, 0.2) is 36.7 Å². The predicted molar refractivity (Wildman–Crippen MR) is 121 cm³/mol. The Bertz CT molecular complexity index is 1020. The van der Waals surface area contributed by atoms with E-state index in [1.165, 1.54) is 6.20 Å². The summed E-state index contributed by atoms with van der Waals surface area (Å²) in [4.78, 5) is 20.7. The largest absolute Gasteiger partial charge is 0.365 e. The van der Waals surface area contributed by atoms with Gasteiger partial charge in [-0.05, 0) is 30.5 Å². The van der Waals surface area contributed by atoms with Gasteiger partial charge in [-0.1, -0.05) is 19.9 Å². The van der Waals surface area contributed by atoms with Crippen molar-refractivity contribution >= 4 is 46.9 Å². The van der Waals surface area contributed by atoms with E-state index in [1.807, 2.05) is 42.1 Å². The maximum atomic E-state index is 11.9. The fourth-order valence-electron chi connectivity index (χ4n) is 3.22. The van der Waals surface area contributed by atoms with Crippen LogP contribution in [0.5, 0.6) is 0 Å². The number of nitrogens with one attached hydrogen (secondary N) is 2. The summed E-state index contributed by atoms with van der Waals surface area (Å²) in [7, 11) is 1.98. The molecule has 0 aliphatic rings. The molecule has 0 spiro atoms. The molecular weight excluding hydrogens is 386 g/mol. The lowest BCUT2D eigenvalue weighted by Crippen LogP contribution is -2.38. The minimum Gasteiger partial charge on any atom is -0.365 e. The summed E-state index contributed by atoms with van der Waals surface area (Å²) in [6.07, 6.45) is 4.20. The minimum atomic E-state index is -0.607. The number of benzene rings is 1. The number of carbonyl (C=O) groups excluding carboxylic acids is 1. The molecule has 2 atom stereocenters. The van der Waals surface area contributed by atoms with Gasteiger partial charge in [-0.3, -0.25) is 4.79 Å². The van der Waals surface area contributed by atoms with Crippen molar-refractivity contribution in [1.82, 2.24) is 14.5 Å². The van der Waals surface area contributed by atoms with Crippen molar-refractivity contribution in [3.63, 3.8) is 0 Å². The standard InChI is InChI=1S/C20H27N7OS/c1-11(2)9-15(18(22)29)25-20-23-10-13(17(21)28)19(26-20)24-14-5-4-6-16-12(14)7-8-27(16)3/h4-8,10-11,15,18,29H,9,22H2,1-3H3,(H2,21,28)(H2,23,24,25,26)/t15-,18-/m1/s1. The molecule has 1 aromatic carbocycles. The number of rotatable bonds is 8. The highest BCUT2D eigenvalue weighted by Gasteiger charge is 2.19. The van der Waals surface area contributed by atoms with Crippen LogP contribution in [0.4, 0.5) is 17.5 Å². The van der Waals surface area contributed by atoms with Gasteiger partial charge in [-0.2, -0.15) is 17.6 Å². The third kappa shape index (κ3) is 4.80. The number of aryl methyl sites for hydroxylation is 1. The van der Waals surface area contributed by atoms with Gasteiger partial charge in [0.05, 0.1) is 11.4 Å². The smallest absolute Gasteiger partial charge is 0.254 e. The first kappa shape index (κ1) is 20.9. The second-order valence-corrected chi connectivity index (χ2v) is 8.08. The molecule has 9 heteroatoms. The summed E-state index contributed by atoms with van der Waals surface area (Å²) in [5, 5.41) is 7.09. The Morgan fingerprint density at radius 2 is 2.07 bits per heavy atom. The van der Waals surface area contributed by atoms with Crippen molar-refractivity contribution < 1.29 is 4.79 Å². The van der Waals surface area contributed by atoms with Gasteiger partial charge in [-0.15, -0.1) is 0 Å². The summed E-state index contributed by atoms with van der Waals surface area (Å²) in [6.45, 7) is 4.21. The average molecular weight is 414 g/mol. The molecule has 0 saturated heterocycles. The summed E-state index contributed by atoms with van der Waals surface area (Å²) < 4.78 is 2.02. The molecule has 2 heterocycles. The summed E-state index contributed by atoms with van der Waals surface area (Å²) in [6, 6.07) is 7.76. The molecule has 3 rings (SSSR count). The second-order valence-electron chi connectivity index (χ2n) is 7.48. The van der Waals surface area contributed by atoms with Crippen molar-refractivity contribution in [2.24, 2.45) is 24.4 Å². The predicted octanol–water partition coefficient (Wildman–Crippen LogP) is 2.85. The molecule has 8 nitrogen and oxygen atoms in total. The molecule has 0 aliphatic carbocycles. The van der Waals surface area contributed by atoms with Crippen LogP contribution >= 0.6 is 12.6 Å². The van der Waals surface area contributed by atoms with Crippen LogP contribution in [0.2, 0.25) is 0 Å². The van der Waals surface area contributed by atoms with Gasteiger partial charge in [0.2, 0.25) is 5.95 Å². The van der Waals surface area contributed by atoms with E-state index in [1.54, 1.807) is 0 Å². The van der Waals surface area contributed by atoms with E-state index in [-0.39, 0.29) is 17.0 Å².